The van der Waals surface area contributed by atoms with Gasteiger partial charge in [-0.05, 0) is 19.8 Å². The first-order valence-corrected chi connectivity index (χ1v) is 4.84. The van der Waals surface area contributed by atoms with Crippen LogP contribution in [0.25, 0.3) is 0 Å². The number of hydrogen-bond acceptors (Lipinski definition) is 3. The van der Waals surface area contributed by atoms with Crippen molar-refractivity contribution in [2.24, 2.45) is 5.73 Å². The van der Waals surface area contributed by atoms with Gasteiger partial charge in [-0.2, -0.15) is 0 Å². The van der Waals surface area contributed by atoms with Crippen LogP contribution in [0.3, 0.4) is 0 Å². The van der Waals surface area contributed by atoms with Crippen LogP contribution in [0, 0.1) is 0 Å². The minimum absolute atomic E-state index is 0.127. The molecule has 0 spiro atoms. The summed E-state index contributed by atoms with van der Waals surface area (Å²) in [5.41, 5.74) is 5.40. The van der Waals surface area contributed by atoms with Gasteiger partial charge in [-0.25, -0.2) is 0 Å². The first-order valence-electron chi connectivity index (χ1n) is 4.84. The topological polar surface area (TPSA) is 64.4 Å². The highest BCUT2D eigenvalue weighted by Crippen LogP contribution is 2.17. The molecule has 0 aromatic rings. The quantitative estimate of drug-likeness (QED) is 0.634. The molecule has 1 fully saturated rings. The zero-order valence-corrected chi connectivity index (χ0v) is 8.58. The lowest BCUT2D eigenvalue weighted by Gasteiger charge is -2.25. The molecule has 0 saturated carbocycles. The third-order valence-electron chi connectivity index (χ3n) is 2.40. The Kier molecular flexibility index (Phi) is 3.66. The lowest BCUT2D eigenvalue weighted by molar-refractivity contribution is -0.124. The molecule has 1 saturated heterocycles. The van der Waals surface area contributed by atoms with E-state index in [0.29, 0.717) is 19.6 Å². The number of amides is 1. The Bertz CT molecular complexity index is 222. The molecule has 0 aromatic carbocycles. The largest absolute Gasteiger partial charge is 0.379 e. The van der Waals surface area contributed by atoms with Crippen LogP contribution >= 0.6 is 0 Å². The number of rotatable bonds is 4. The van der Waals surface area contributed by atoms with Crippen LogP contribution in [0.5, 0.6) is 0 Å². The third kappa shape index (κ3) is 2.82. The van der Waals surface area contributed by atoms with Crippen molar-refractivity contribution in [2.45, 2.75) is 31.3 Å². The van der Waals surface area contributed by atoms with Crippen molar-refractivity contribution in [1.82, 2.24) is 5.32 Å². The number of hydrogen-bond donors (Lipinski definition) is 2. The van der Waals surface area contributed by atoms with Crippen LogP contribution in [-0.4, -0.2) is 30.7 Å². The minimum atomic E-state index is -0.495. The molecule has 0 radical (unpaired) electrons. The summed E-state index contributed by atoms with van der Waals surface area (Å²) in [6.07, 6.45) is 3.00. The summed E-state index contributed by atoms with van der Waals surface area (Å²) < 4.78 is 5.22. The normalized spacial score (nSPS) is 28.4. The average molecular weight is 198 g/mol. The Morgan fingerprint density at radius 2 is 2.57 bits per heavy atom. The van der Waals surface area contributed by atoms with Crippen molar-refractivity contribution in [3.05, 3.63) is 12.7 Å². The summed E-state index contributed by atoms with van der Waals surface area (Å²) in [5, 5.41) is 2.90. The minimum Gasteiger partial charge on any atom is -0.379 e. The van der Waals surface area contributed by atoms with Gasteiger partial charge in [0.25, 0.3) is 0 Å². The Morgan fingerprint density at radius 3 is 3.07 bits per heavy atom. The van der Waals surface area contributed by atoms with E-state index >= 15 is 0 Å². The molecule has 1 rings (SSSR count). The Morgan fingerprint density at radius 1 is 1.86 bits per heavy atom. The number of carbonyl (C=O) groups excluding carboxylic acids is 1. The molecular weight excluding hydrogens is 180 g/mol. The van der Waals surface area contributed by atoms with Crippen LogP contribution in [-0.2, 0) is 9.53 Å². The van der Waals surface area contributed by atoms with Crippen molar-refractivity contribution >= 4 is 5.91 Å². The summed E-state index contributed by atoms with van der Waals surface area (Å²) in [6.45, 7) is 6.79. The second-order valence-corrected chi connectivity index (χ2v) is 3.98. The first-order chi connectivity index (χ1) is 6.57. The van der Waals surface area contributed by atoms with Gasteiger partial charge in [0.05, 0.1) is 18.2 Å². The van der Waals surface area contributed by atoms with Crippen molar-refractivity contribution in [2.75, 3.05) is 13.2 Å². The van der Waals surface area contributed by atoms with Crippen molar-refractivity contribution in [3.63, 3.8) is 0 Å². The second kappa shape index (κ2) is 4.57. The molecule has 1 amide bonds. The molecule has 4 nitrogen and oxygen atoms in total. The molecule has 14 heavy (non-hydrogen) atoms. The van der Waals surface area contributed by atoms with Gasteiger partial charge in [0, 0.05) is 6.61 Å². The highest BCUT2D eigenvalue weighted by atomic mass is 16.5. The molecule has 2 atom stereocenters. The maximum Gasteiger partial charge on any atom is 0.237 e. The predicted octanol–water partition coefficient (Wildman–Crippen LogP) is 0.185. The van der Waals surface area contributed by atoms with Crippen LogP contribution in [0.1, 0.15) is 19.8 Å². The van der Waals surface area contributed by atoms with Crippen molar-refractivity contribution in [3.8, 4) is 0 Å². The van der Waals surface area contributed by atoms with E-state index in [-0.39, 0.29) is 11.4 Å². The molecule has 1 aliphatic rings. The fourth-order valence-electron chi connectivity index (χ4n) is 1.44. The fraction of sp³-hybridized carbons (Fsp3) is 0.700. The number of ether oxygens (including phenoxy) is 1. The van der Waals surface area contributed by atoms with Crippen LogP contribution in [0.4, 0.5) is 0 Å². The Hall–Kier alpha value is -0.870. The lowest BCUT2D eigenvalue weighted by atomic mass is 10.0. The van der Waals surface area contributed by atoms with Gasteiger partial charge in [-0.1, -0.05) is 6.08 Å². The van der Waals surface area contributed by atoms with E-state index in [1.54, 1.807) is 6.08 Å². The monoisotopic (exact) mass is 198 g/mol. The molecule has 3 N–H and O–H groups in total. The number of nitrogens with one attached hydrogen (secondary N) is 1. The molecular formula is C10H18N2O2. The SMILES string of the molecule is C=CCC(N)C(=O)NC1(C)CCOC1. The van der Waals surface area contributed by atoms with Crippen LogP contribution in [0.2, 0.25) is 0 Å². The number of carbonyl (C=O) groups is 1. The lowest BCUT2D eigenvalue weighted by Crippen LogP contribution is -2.52. The summed E-state index contributed by atoms with van der Waals surface area (Å²) in [6, 6.07) is -0.495. The molecule has 0 aliphatic carbocycles. The third-order valence-corrected chi connectivity index (χ3v) is 2.40. The molecule has 0 bridgehead atoms. The van der Waals surface area contributed by atoms with E-state index in [9.17, 15) is 4.79 Å². The molecule has 1 aliphatic heterocycles. The van der Waals surface area contributed by atoms with E-state index in [4.69, 9.17) is 10.5 Å². The van der Waals surface area contributed by atoms with E-state index in [1.165, 1.54) is 0 Å². The average Bonchev–Trinajstić information content (AvgIpc) is 2.52. The van der Waals surface area contributed by atoms with E-state index in [1.807, 2.05) is 6.92 Å². The standard InChI is InChI=1S/C10H18N2O2/c1-3-4-8(11)9(13)12-10(2)5-6-14-7-10/h3,8H,1,4-7,11H2,2H3,(H,12,13). The summed E-state index contributed by atoms with van der Waals surface area (Å²) in [4.78, 5) is 11.6. The molecule has 80 valence electrons. The maximum atomic E-state index is 11.6. The fourth-order valence-corrected chi connectivity index (χ4v) is 1.44. The van der Waals surface area contributed by atoms with Crippen LogP contribution in [0.15, 0.2) is 12.7 Å². The van der Waals surface area contributed by atoms with Gasteiger partial charge in [0.1, 0.15) is 0 Å². The van der Waals surface area contributed by atoms with Gasteiger partial charge in [-0.3, -0.25) is 4.79 Å². The summed E-state index contributed by atoms with van der Waals surface area (Å²) >= 11 is 0. The zero-order valence-electron chi connectivity index (χ0n) is 8.58. The van der Waals surface area contributed by atoms with E-state index in [2.05, 4.69) is 11.9 Å². The zero-order chi connectivity index (χ0) is 10.6. The van der Waals surface area contributed by atoms with Gasteiger partial charge >= 0.3 is 0 Å². The van der Waals surface area contributed by atoms with Crippen LogP contribution < -0.4 is 11.1 Å². The van der Waals surface area contributed by atoms with E-state index < -0.39 is 6.04 Å². The molecule has 2 unspecified atom stereocenters. The molecule has 0 aromatic heterocycles. The van der Waals surface area contributed by atoms with Gasteiger partial charge in [0.15, 0.2) is 0 Å². The highest BCUT2D eigenvalue weighted by Gasteiger charge is 2.32. The molecule has 4 heteroatoms. The van der Waals surface area contributed by atoms with Gasteiger partial charge in [-0.15, -0.1) is 6.58 Å². The van der Waals surface area contributed by atoms with Crippen molar-refractivity contribution < 1.29 is 9.53 Å². The Labute approximate surface area is 84.5 Å². The Balaban J connectivity index is 2.42. The first kappa shape index (κ1) is 11.2. The number of nitrogens with two attached hydrogens (primary N) is 1. The van der Waals surface area contributed by atoms with E-state index in [0.717, 1.165) is 6.42 Å². The molecule has 1 heterocycles. The predicted molar refractivity (Wildman–Crippen MR) is 54.8 cm³/mol. The van der Waals surface area contributed by atoms with Gasteiger partial charge < -0.3 is 15.8 Å². The smallest absolute Gasteiger partial charge is 0.237 e. The second-order valence-electron chi connectivity index (χ2n) is 3.98. The van der Waals surface area contributed by atoms with Crippen molar-refractivity contribution in [1.29, 1.82) is 0 Å². The van der Waals surface area contributed by atoms with Gasteiger partial charge in [0.2, 0.25) is 5.91 Å². The summed E-state index contributed by atoms with van der Waals surface area (Å²) in [5.74, 6) is -0.127. The summed E-state index contributed by atoms with van der Waals surface area (Å²) in [7, 11) is 0. The highest BCUT2D eigenvalue weighted by molar-refractivity contribution is 5.82. The maximum absolute atomic E-state index is 11.6.